The highest BCUT2D eigenvalue weighted by Crippen LogP contribution is 2.46. The number of hydrogen-bond donors (Lipinski definition) is 2. The maximum absolute atomic E-state index is 12.5. The number of unbranched alkanes of at least 4 members (excludes halogenated alkanes) is 2. The van der Waals surface area contributed by atoms with Crippen LogP contribution in [-0.2, 0) is 10.8 Å². The number of methoxy groups -OCH3 is 2. The van der Waals surface area contributed by atoms with Crippen molar-refractivity contribution < 1.29 is 23.9 Å². The van der Waals surface area contributed by atoms with Crippen LogP contribution in [0.1, 0.15) is 26.2 Å². The lowest BCUT2D eigenvalue weighted by Gasteiger charge is -2.14. The molecule has 6 heteroatoms. The van der Waals surface area contributed by atoms with Crippen molar-refractivity contribution in [2.24, 2.45) is 0 Å². The minimum atomic E-state index is -1.57. The highest BCUT2D eigenvalue weighted by Gasteiger charge is 2.20. The topological polar surface area (TPSA) is 76.0 Å². The zero-order chi connectivity index (χ0) is 17.7. The Morgan fingerprint density at radius 2 is 1.75 bits per heavy atom. The second-order valence-electron chi connectivity index (χ2n) is 5.27. The van der Waals surface area contributed by atoms with Crippen LogP contribution in [0.4, 0.5) is 0 Å². The molecule has 0 saturated heterocycles. The van der Waals surface area contributed by atoms with Crippen LogP contribution in [0.5, 0.6) is 23.0 Å². The molecule has 2 N–H and O–H groups in total. The van der Waals surface area contributed by atoms with Gasteiger partial charge in [-0.2, -0.15) is 0 Å². The molecular weight excluding hydrogens is 328 g/mol. The van der Waals surface area contributed by atoms with Crippen LogP contribution in [-0.4, -0.2) is 28.6 Å². The Hall–Kier alpha value is -2.21. The summed E-state index contributed by atoms with van der Waals surface area (Å²) in [6, 6.07) is 4.58. The second kappa shape index (κ2) is 8.06. The van der Waals surface area contributed by atoms with Gasteiger partial charge in [0.15, 0.2) is 0 Å². The summed E-state index contributed by atoms with van der Waals surface area (Å²) in [5.74, 6) is 0.461. The third kappa shape index (κ3) is 3.48. The molecule has 0 saturated carbocycles. The molecule has 0 aliphatic rings. The molecule has 24 heavy (non-hydrogen) atoms. The van der Waals surface area contributed by atoms with Gasteiger partial charge >= 0.3 is 0 Å². The molecule has 130 valence electrons. The fourth-order valence-electron chi connectivity index (χ4n) is 2.49. The monoisotopic (exact) mass is 350 g/mol. The molecule has 0 amide bonds. The first kappa shape index (κ1) is 18.1. The lowest BCUT2D eigenvalue weighted by atomic mass is 10.1. The zero-order valence-corrected chi connectivity index (χ0v) is 14.9. The minimum absolute atomic E-state index is 0.121. The Bertz CT molecular complexity index is 783. The van der Waals surface area contributed by atoms with Gasteiger partial charge < -0.3 is 19.7 Å². The highest BCUT2D eigenvalue weighted by atomic mass is 32.2. The third-order valence-electron chi connectivity index (χ3n) is 3.72. The van der Waals surface area contributed by atoms with E-state index in [1.165, 1.54) is 25.7 Å². The molecule has 0 aliphatic carbocycles. The van der Waals surface area contributed by atoms with Crippen LogP contribution in [0, 0.1) is 0 Å². The van der Waals surface area contributed by atoms with Gasteiger partial charge in [0, 0.05) is 11.5 Å². The number of hydrogen-bond acceptors (Lipinski definition) is 5. The van der Waals surface area contributed by atoms with Gasteiger partial charge in [-0.05, 0) is 18.6 Å². The first-order chi connectivity index (χ1) is 11.5. The largest absolute Gasteiger partial charge is 0.507 e. The number of benzene rings is 2. The predicted octanol–water partition coefficient (Wildman–Crippen LogP) is 4.08. The molecule has 2 aromatic rings. The van der Waals surface area contributed by atoms with E-state index in [1.54, 1.807) is 12.1 Å². The van der Waals surface area contributed by atoms with Crippen molar-refractivity contribution >= 4 is 21.6 Å². The van der Waals surface area contributed by atoms with E-state index in [0.29, 0.717) is 16.9 Å². The first-order valence-corrected chi connectivity index (χ1v) is 8.93. The van der Waals surface area contributed by atoms with Crippen LogP contribution >= 0.6 is 0 Å². The maximum atomic E-state index is 12.5. The summed E-state index contributed by atoms with van der Waals surface area (Å²) >= 11 is 0. The molecule has 2 rings (SSSR count). The quantitative estimate of drug-likeness (QED) is 0.581. The molecule has 0 aliphatic heterocycles. The smallest absolute Gasteiger partial charge is 0.144 e. The minimum Gasteiger partial charge on any atom is -0.507 e. The van der Waals surface area contributed by atoms with Crippen molar-refractivity contribution in [1.29, 1.82) is 0 Å². The lowest BCUT2D eigenvalue weighted by molar-refractivity contribution is 0.403. The van der Waals surface area contributed by atoms with Gasteiger partial charge in [-0.3, -0.25) is 0 Å². The molecule has 5 nitrogen and oxygen atoms in total. The number of aromatic hydroxyl groups is 2. The van der Waals surface area contributed by atoms with Gasteiger partial charge in [0.1, 0.15) is 23.0 Å². The molecule has 1 atom stereocenters. The van der Waals surface area contributed by atoms with E-state index in [4.69, 9.17) is 9.47 Å². The summed E-state index contributed by atoms with van der Waals surface area (Å²) in [6.07, 6.45) is 4.70. The Balaban J connectivity index is 2.60. The third-order valence-corrected chi connectivity index (χ3v) is 4.91. The average Bonchev–Trinajstić information content (AvgIpc) is 2.60. The van der Waals surface area contributed by atoms with E-state index >= 15 is 0 Å². The maximum Gasteiger partial charge on any atom is 0.144 e. The summed E-state index contributed by atoms with van der Waals surface area (Å²) in [5, 5.41) is 23.1. The van der Waals surface area contributed by atoms with Crippen molar-refractivity contribution in [2.75, 3.05) is 14.2 Å². The molecule has 1 unspecified atom stereocenters. The van der Waals surface area contributed by atoms with Gasteiger partial charge in [-0.15, -0.1) is 0 Å². The molecule has 0 fully saturated rings. The van der Waals surface area contributed by atoms with Crippen LogP contribution < -0.4 is 9.47 Å². The van der Waals surface area contributed by atoms with Crippen molar-refractivity contribution in [3.05, 3.63) is 29.7 Å². The van der Waals surface area contributed by atoms with E-state index in [1.807, 2.05) is 6.08 Å². The normalized spacial score (nSPS) is 12.6. The molecule has 0 radical (unpaired) electrons. The number of allylic oxidation sites excluding steroid dienone is 1. The Morgan fingerprint density at radius 1 is 1.12 bits per heavy atom. The number of rotatable bonds is 7. The number of phenols is 2. The van der Waals surface area contributed by atoms with E-state index < -0.39 is 10.8 Å². The van der Waals surface area contributed by atoms with Crippen molar-refractivity contribution in [1.82, 2.24) is 0 Å². The summed E-state index contributed by atoms with van der Waals surface area (Å²) in [6.45, 7) is 2.08. The van der Waals surface area contributed by atoms with Crippen molar-refractivity contribution in [3.63, 3.8) is 0 Å². The van der Waals surface area contributed by atoms with Gasteiger partial charge in [0.05, 0.1) is 40.7 Å². The van der Waals surface area contributed by atoms with Gasteiger partial charge in [-0.25, -0.2) is 4.21 Å². The van der Waals surface area contributed by atoms with E-state index in [-0.39, 0.29) is 21.8 Å². The van der Waals surface area contributed by atoms with Gasteiger partial charge in [0.2, 0.25) is 0 Å². The fourth-order valence-corrected chi connectivity index (χ4v) is 3.46. The van der Waals surface area contributed by atoms with Gasteiger partial charge in [-0.1, -0.05) is 25.8 Å². The van der Waals surface area contributed by atoms with E-state index in [0.717, 1.165) is 19.3 Å². The molecular formula is C18H22O5S. The molecule has 2 aromatic carbocycles. The van der Waals surface area contributed by atoms with Crippen LogP contribution in [0.15, 0.2) is 34.6 Å². The average molecular weight is 350 g/mol. The second-order valence-corrected chi connectivity index (χ2v) is 6.58. The molecule has 0 heterocycles. The fraction of sp³-hybridized carbons (Fsp3) is 0.333. The highest BCUT2D eigenvalue weighted by molar-refractivity contribution is 7.88. The summed E-state index contributed by atoms with van der Waals surface area (Å²) in [7, 11) is 1.37. The van der Waals surface area contributed by atoms with E-state index in [2.05, 4.69) is 6.92 Å². The van der Waals surface area contributed by atoms with Gasteiger partial charge in [0.25, 0.3) is 0 Å². The Morgan fingerprint density at radius 3 is 2.33 bits per heavy atom. The predicted molar refractivity (Wildman–Crippen MR) is 95.5 cm³/mol. The van der Waals surface area contributed by atoms with Crippen molar-refractivity contribution in [2.45, 2.75) is 31.1 Å². The number of phenolic OH excluding ortho intramolecular Hbond substituents is 2. The molecule has 0 spiro atoms. The lowest BCUT2D eigenvalue weighted by Crippen LogP contribution is -1.94. The Kier molecular flexibility index (Phi) is 6.09. The summed E-state index contributed by atoms with van der Waals surface area (Å²) in [4.78, 5) is 0.138. The van der Waals surface area contributed by atoms with Crippen LogP contribution in [0.2, 0.25) is 0 Å². The summed E-state index contributed by atoms with van der Waals surface area (Å²) in [5.41, 5.74) is 0. The van der Waals surface area contributed by atoms with E-state index in [9.17, 15) is 14.4 Å². The number of ether oxygens (including phenoxy) is 2. The number of fused-ring (bicyclic) bond motifs is 1. The SMILES string of the molecule is CCCC/C=C/S(=O)c1cc(O)c2c(OC)ccc(OC)c2c1O. The van der Waals surface area contributed by atoms with Crippen LogP contribution in [0.3, 0.4) is 0 Å². The van der Waals surface area contributed by atoms with Crippen molar-refractivity contribution in [3.8, 4) is 23.0 Å². The first-order valence-electron chi connectivity index (χ1n) is 7.72. The molecule has 0 aromatic heterocycles. The molecule has 0 bridgehead atoms. The van der Waals surface area contributed by atoms with Crippen LogP contribution in [0.25, 0.3) is 10.8 Å². The standard InChI is InChI=1S/C18H22O5S/c1-4-5-6-7-10-24(21)15-11-12(19)16-13(22-2)8-9-14(23-3)17(16)18(15)20/h7-11,19-20H,4-6H2,1-3H3/b10-7+. The Labute approximate surface area is 144 Å². The summed E-state index contributed by atoms with van der Waals surface area (Å²) < 4.78 is 23.0. The zero-order valence-electron chi connectivity index (χ0n) is 14.0.